The lowest BCUT2D eigenvalue weighted by molar-refractivity contribution is -0.160. The van der Waals surface area contributed by atoms with Crippen LogP contribution in [0.1, 0.15) is 46.0 Å². The molecule has 0 aromatic carbocycles. The number of nitriles is 1. The zero-order valence-corrected chi connectivity index (χ0v) is 10.5. The summed E-state index contributed by atoms with van der Waals surface area (Å²) in [5, 5.41) is 8.61. The van der Waals surface area contributed by atoms with Gasteiger partial charge in [-0.05, 0) is 25.2 Å². The number of ketones is 1. The third-order valence-electron chi connectivity index (χ3n) is 3.14. The number of nitrogens with zero attached hydrogens (tertiary/aromatic N) is 1. The Balaban J connectivity index is 2.73. The van der Waals surface area contributed by atoms with Gasteiger partial charge in [-0.1, -0.05) is 13.8 Å². The number of ether oxygens (including phenoxy) is 1. The molecule has 1 fully saturated rings. The Labute approximate surface area is 102 Å². The van der Waals surface area contributed by atoms with Crippen molar-refractivity contribution < 1.29 is 14.3 Å². The van der Waals surface area contributed by atoms with Crippen molar-refractivity contribution >= 4 is 11.8 Å². The molecule has 0 spiro atoms. The number of carbonyl (C=O) groups is 2. The fraction of sp³-hybridized carbons (Fsp3) is 0.769. The first-order chi connectivity index (χ1) is 8.03. The molecule has 1 rings (SSSR count). The van der Waals surface area contributed by atoms with E-state index in [1.54, 1.807) is 0 Å². The Bertz CT molecular complexity index is 343. The molecule has 0 radical (unpaired) electrons. The summed E-state index contributed by atoms with van der Waals surface area (Å²) in [5.74, 6) is -0.228. The minimum atomic E-state index is -1.02. The molecule has 0 N–H and O–H groups in total. The van der Waals surface area contributed by atoms with Gasteiger partial charge in [-0.15, -0.1) is 0 Å². The SMILES string of the molecule is CC(C)COC(=O)[C@]1(CCC#N)CCCC1=O. The summed E-state index contributed by atoms with van der Waals surface area (Å²) in [6.07, 6.45) is 2.22. The van der Waals surface area contributed by atoms with E-state index in [1.165, 1.54) is 0 Å². The maximum absolute atomic E-state index is 12.0. The molecule has 4 heteroatoms. The minimum Gasteiger partial charge on any atom is -0.465 e. The van der Waals surface area contributed by atoms with Crippen LogP contribution in [-0.2, 0) is 14.3 Å². The van der Waals surface area contributed by atoms with Crippen LogP contribution in [0.25, 0.3) is 0 Å². The summed E-state index contributed by atoms with van der Waals surface area (Å²) in [7, 11) is 0. The van der Waals surface area contributed by atoms with Crippen molar-refractivity contribution in [1.82, 2.24) is 0 Å². The van der Waals surface area contributed by atoms with Gasteiger partial charge in [0.2, 0.25) is 0 Å². The third kappa shape index (κ3) is 3.06. The van der Waals surface area contributed by atoms with Crippen LogP contribution >= 0.6 is 0 Å². The minimum absolute atomic E-state index is 0.0542. The Hall–Kier alpha value is -1.37. The number of hydrogen-bond acceptors (Lipinski definition) is 4. The van der Waals surface area contributed by atoms with E-state index in [0.717, 1.165) is 6.42 Å². The van der Waals surface area contributed by atoms with Gasteiger partial charge in [0.15, 0.2) is 0 Å². The quantitative estimate of drug-likeness (QED) is 0.543. The van der Waals surface area contributed by atoms with Gasteiger partial charge >= 0.3 is 5.97 Å². The molecule has 17 heavy (non-hydrogen) atoms. The molecule has 94 valence electrons. The Morgan fingerprint density at radius 3 is 2.76 bits per heavy atom. The molecule has 1 saturated carbocycles. The van der Waals surface area contributed by atoms with E-state index in [1.807, 2.05) is 19.9 Å². The van der Waals surface area contributed by atoms with Crippen LogP contribution in [0.4, 0.5) is 0 Å². The lowest BCUT2D eigenvalue weighted by atomic mass is 9.81. The van der Waals surface area contributed by atoms with Crippen LogP contribution in [0.5, 0.6) is 0 Å². The van der Waals surface area contributed by atoms with Crippen molar-refractivity contribution in [3.8, 4) is 6.07 Å². The monoisotopic (exact) mass is 237 g/mol. The van der Waals surface area contributed by atoms with Crippen LogP contribution in [0.2, 0.25) is 0 Å². The molecule has 1 atom stereocenters. The van der Waals surface area contributed by atoms with Gasteiger partial charge < -0.3 is 4.74 Å². The highest BCUT2D eigenvalue weighted by molar-refractivity contribution is 6.05. The van der Waals surface area contributed by atoms with Crippen molar-refractivity contribution in [3.63, 3.8) is 0 Å². The fourth-order valence-electron chi connectivity index (χ4n) is 2.16. The average Bonchev–Trinajstić information content (AvgIpc) is 2.66. The average molecular weight is 237 g/mol. The van der Waals surface area contributed by atoms with Crippen molar-refractivity contribution in [2.75, 3.05) is 6.61 Å². The van der Waals surface area contributed by atoms with Crippen LogP contribution in [0.3, 0.4) is 0 Å². The number of carbonyl (C=O) groups excluding carboxylic acids is 2. The summed E-state index contributed by atoms with van der Waals surface area (Å²) in [6, 6.07) is 2.00. The molecule has 0 aliphatic heterocycles. The zero-order chi connectivity index (χ0) is 12.9. The van der Waals surface area contributed by atoms with E-state index in [0.29, 0.717) is 25.9 Å². The van der Waals surface area contributed by atoms with Gasteiger partial charge in [-0.2, -0.15) is 5.26 Å². The second kappa shape index (κ2) is 5.81. The zero-order valence-electron chi connectivity index (χ0n) is 10.5. The van der Waals surface area contributed by atoms with Gasteiger partial charge in [0.1, 0.15) is 11.2 Å². The number of hydrogen-bond donors (Lipinski definition) is 0. The molecule has 1 aliphatic rings. The first-order valence-electron chi connectivity index (χ1n) is 6.10. The van der Waals surface area contributed by atoms with E-state index in [9.17, 15) is 9.59 Å². The van der Waals surface area contributed by atoms with Crippen molar-refractivity contribution in [3.05, 3.63) is 0 Å². The molecule has 0 aromatic heterocycles. The van der Waals surface area contributed by atoms with Gasteiger partial charge in [-0.25, -0.2) is 0 Å². The largest absolute Gasteiger partial charge is 0.465 e. The molecule has 0 aromatic rings. The Kier molecular flexibility index (Phi) is 4.68. The summed E-state index contributed by atoms with van der Waals surface area (Å²) in [6.45, 7) is 4.23. The topological polar surface area (TPSA) is 67.2 Å². The third-order valence-corrected chi connectivity index (χ3v) is 3.14. The smallest absolute Gasteiger partial charge is 0.319 e. The lowest BCUT2D eigenvalue weighted by Gasteiger charge is -2.24. The lowest BCUT2D eigenvalue weighted by Crippen LogP contribution is -2.37. The number of Topliss-reactive ketones (excluding diaryl/α,β-unsaturated/α-hetero) is 1. The molecule has 0 saturated heterocycles. The molecular formula is C13H19NO3. The van der Waals surface area contributed by atoms with Gasteiger partial charge in [0.25, 0.3) is 0 Å². The second-order valence-electron chi connectivity index (χ2n) is 5.01. The molecule has 4 nitrogen and oxygen atoms in total. The van der Waals surface area contributed by atoms with E-state index < -0.39 is 11.4 Å². The maximum atomic E-state index is 12.0. The molecule has 0 heterocycles. The van der Waals surface area contributed by atoms with Crippen LogP contribution in [0, 0.1) is 22.7 Å². The van der Waals surface area contributed by atoms with Crippen molar-refractivity contribution in [2.45, 2.75) is 46.0 Å². The fourth-order valence-corrected chi connectivity index (χ4v) is 2.16. The highest BCUT2D eigenvalue weighted by Gasteiger charge is 2.49. The number of esters is 1. The Morgan fingerprint density at radius 2 is 2.29 bits per heavy atom. The molecule has 0 bridgehead atoms. The maximum Gasteiger partial charge on any atom is 0.319 e. The van der Waals surface area contributed by atoms with Crippen LogP contribution in [-0.4, -0.2) is 18.4 Å². The van der Waals surface area contributed by atoms with E-state index in [4.69, 9.17) is 10.00 Å². The molecule has 0 amide bonds. The molecule has 0 unspecified atom stereocenters. The van der Waals surface area contributed by atoms with Gasteiger partial charge in [-0.3, -0.25) is 9.59 Å². The first-order valence-corrected chi connectivity index (χ1v) is 6.10. The Morgan fingerprint density at radius 1 is 1.59 bits per heavy atom. The summed E-state index contributed by atoms with van der Waals surface area (Å²) < 4.78 is 5.19. The van der Waals surface area contributed by atoms with Gasteiger partial charge in [0, 0.05) is 12.8 Å². The van der Waals surface area contributed by atoms with E-state index in [-0.39, 0.29) is 18.1 Å². The first kappa shape index (κ1) is 13.7. The van der Waals surface area contributed by atoms with Crippen LogP contribution < -0.4 is 0 Å². The van der Waals surface area contributed by atoms with Crippen molar-refractivity contribution in [1.29, 1.82) is 5.26 Å². The normalized spacial score (nSPS) is 23.8. The summed E-state index contributed by atoms with van der Waals surface area (Å²) >= 11 is 0. The number of rotatable bonds is 5. The summed E-state index contributed by atoms with van der Waals surface area (Å²) in [5.41, 5.74) is -1.02. The highest BCUT2D eigenvalue weighted by atomic mass is 16.5. The van der Waals surface area contributed by atoms with E-state index >= 15 is 0 Å². The molecule has 1 aliphatic carbocycles. The molecular weight excluding hydrogens is 218 g/mol. The predicted octanol–water partition coefficient (Wildman–Crippen LogP) is 2.23. The van der Waals surface area contributed by atoms with Gasteiger partial charge in [0.05, 0.1) is 12.7 Å². The highest BCUT2D eigenvalue weighted by Crippen LogP contribution is 2.40. The summed E-state index contributed by atoms with van der Waals surface area (Å²) in [4.78, 5) is 23.9. The standard InChI is InChI=1S/C13H19NO3/c1-10(2)9-17-12(16)13(7-4-8-14)6-3-5-11(13)15/h10H,3-7,9H2,1-2H3/t13-/m0/s1. The second-order valence-corrected chi connectivity index (χ2v) is 5.01. The van der Waals surface area contributed by atoms with E-state index in [2.05, 4.69) is 0 Å². The predicted molar refractivity (Wildman–Crippen MR) is 61.9 cm³/mol. The van der Waals surface area contributed by atoms with Crippen LogP contribution in [0.15, 0.2) is 0 Å². The van der Waals surface area contributed by atoms with Crippen molar-refractivity contribution in [2.24, 2.45) is 11.3 Å².